The molecule has 2 rings (SSSR count). The molecule has 1 aromatic heterocycles. The molecule has 0 amide bonds. The molecule has 0 unspecified atom stereocenters. The Balaban J connectivity index is 2.43. The number of aromatic nitrogens is 2. The molecule has 1 heterocycles. The van der Waals surface area contributed by atoms with Crippen molar-refractivity contribution in [1.82, 2.24) is 10.1 Å². The molecule has 0 aliphatic rings. The summed E-state index contributed by atoms with van der Waals surface area (Å²) in [6, 6.07) is 3.45. The molecule has 0 bridgehead atoms. The number of carboxylic acid groups (broad SMARTS) is 1. The van der Waals surface area contributed by atoms with Crippen LogP contribution < -0.4 is 0 Å². The number of aryl methyl sites for hydroxylation is 1. The summed E-state index contributed by atoms with van der Waals surface area (Å²) in [5.74, 6) is -1.57. The molecule has 7 nitrogen and oxygen atoms in total. The smallest absolute Gasteiger partial charge is 0.335 e. The van der Waals surface area contributed by atoms with Crippen LogP contribution in [-0.4, -0.2) is 29.6 Å². The van der Waals surface area contributed by atoms with Gasteiger partial charge in [0, 0.05) is 0 Å². The van der Waals surface area contributed by atoms with Crippen molar-refractivity contribution in [2.75, 3.05) is 0 Å². The highest BCUT2D eigenvalue weighted by Gasteiger charge is 2.23. The molecule has 0 aliphatic heterocycles. The van der Waals surface area contributed by atoms with Crippen LogP contribution >= 0.6 is 11.6 Å². The Kier molecular flexibility index (Phi) is 3.78. The highest BCUT2D eigenvalue weighted by molar-refractivity contribution is 7.90. The van der Waals surface area contributed by atoms with Crippen LogP contribution in [0, 0.1) is 6.92 Å². The monoisotopic (exact) mass is 316 g/mol. The molecule has 2 aromatic rings. The fraction of sp³-hybridized carbons (Fsp3) is 0.182. The summed E-state index contributed by atoms with van der Waals surface area (Å²) < 4.78 is 29.1. The summed E-state index contributed by atoms with van der Waals surface area (Å²) in [6.45, 7) is 1.55. The first-order valence-electron chi connectivity index (χ1n) is 5.34. The van der Waals surface area contributed by atoms with Crippen molar-refractivity contribution in [2.24, 2.45) is 0 Å². The molecule has 106 valence electrons. The fourth-order valence-corrected chi connectivity index (χ4v) is 3.25. The number of sulfone groups is 1. The van der Waals surface area contributed by atoms with Crippen molar-refractivity contribution in [3.63, 3.8) is 0 Å². The number of nitrogens with zero attached hydrogens (tertiary/aromatic N) is 2. The topological polar surface area (TPSA) is 110 Å². The highest BCUT2D eigenvalue weighted by atomic mass is 35.5. The summed E-state index contributed by atoms with van der Waals surface area (Å²) in [5, 5.41) is 12.3. The molecule has 0 fully saturated rings. The number of halogens is 1. The van der Waals surface area contributed by atoms with Crippen LogP contribution in [0.2, 0.25) is 5.02 Å². The SMILES string of the molecule is Cc1noc(CS(=O)(=O)c2cc(C(=O)O)ccc2Cl)n1. The number of benzene rings is 1. The van der Waals surface area contributed by atoms with Crippen LogP contribution in [0.3, 0.4) is 0 Å². The highest BCUT2D eigenvalue weighted by Crippen LogP contribution is 2.25. The van der Waals surface area contributed by atoms with E-state index in [9.17, 15) is 13.2 Å². The van der Waals surface area contributed by atoms with E-state index in [1.165, 1.54) is 12.1 Å². The van der Waals surface area contributed by atoms with Gasteiger partial charge in [-0.3, -0.25) is 0 Å². The zero-order chi connectivity index (χ0) is 14.9. The molecule has 1 N–H and O–H groups in total. The van der Waals surface area contributed by atoms with Crippen LogP contribution in [-0.2, 0) is 15.6 Å². The minimum Gasteiger partial charge on any atom is -0.478 e. The van der Waals surface area contributed by atoms with E-state index in [0.29, 0.717) is 5.82 Å². The van der Waals surface area contributed by atoms with E-state index in [0.717, 1.165) is 6.07 Å². The molecule has 0 atom stereocenters. The molecular formula is C11H9ClN2O5S. The van der Waals surface area contributed by atoms with Gasteiger partial charge in [-0.1, -0.05) is 16.8 Å². The minimum absolute atomic E-state index is 0.0637. The summed E-state index contributed by atoms with van der Waals surface area (Å²) in [4.78, 5) is 14.4. The molecule has 0 spiro atoms. The quantitative estimate of drug-likeness (QED) is 0.913. The number of hydrogen-bond acceptors (Lipinski definition) is 6. The number of aromatic carboxylic acids is 1. The van der Waals surface area contributed by atoms with Gasteiger partial charge in [-0.15, -0.1) is 0 Å². The Morgan fingerprint density at radius 2 is 2.15 bits per heavy atom. The third-order valence-electron chi connectivity index (χ3n) is 2.40. The summed E-state index contributed by atoms with van der Waals surface area (Å²) in [5.41, 5.74) is -0.172. The summed E-state index contributed by atoms with van der Waals surface area (Å²) >= 11 is 5.82. The molecule has 9 heteroatoms. The number of hydrogen-bond donors (Lipinski definition) is 1. The Labute approximate surface area is 119 Å². The van der Waals surface area contributed by atoms with Crippen molar-refractivity contribution in [1.29, 1.82) is 0 Å². The third kappa shape index (κ3) is 2.97. The van der Waals surface area contributed by atoms with Crippen molar-refractivity contribution >= 4 is 27.4 Å². The molecule has 20 heavy (non-hydrogen) atoms. The lowest BCUT2D eigenvalue weighted by molar-refractivity contribution is 0.0696. The second-order valence-corrected chi connectivity index (χ2v) is 6.31. The van der Waals surface area contributed by atoms with E-state index in [2.05, 4.69) is 10.1 Å². The van der Waals surface area contributed by atoms with Crippen molar-refractivity contribution in [3.05, 3.63) is 40.5 Å². The summed E-state index contributed by atoms with van der Waals surface area (Å²) in [6.07, 6.45) is 0. The first-order valence-corrected chi connectivity index (χ1v) is 7.37. The maximum atomic E-state index is 12.2. The lowest BCUT2D eigenvalue weighted by Gasteiger charge is -2.05. The van der Waals surface area contributed by atoms with E-state index in [4.69, 9.17) is 21.2 Å². The van der Waals surface area contributed by atoms with Gasteiger partial charge >= 0.3 is 5.97 Å². The Morgan fingerprint density at radius 1 is 1.45 bits per heavy atom. The molecule has 1 aromatic carbocycles. The largest absolute Gasteiger partial charge is 0.478 e. The van der Waals surface area contributed by atoms with Crippen LogP contribution in [0.5, 0.6) is 0 Å². The van der Waals surface area contributed by atoms with Gasteiger partial charge in [-0.2, -0.15) is 4.98 Å². The van der Waals surface area contributed by atoms with Gasteiger partial charge in [0.05, 0.1) is 15.5 Å². The minimum atomic E-state index is -3.88. The number of carboxylic acids is 1. The number of carbonyl (C=O) groups is 1. The Bertz CT molecular complexity index is 769. The van der Waals surface area contributed by atoms with Gasteiger partial charge in [0.2, 0.25) is 5.89 Å². The van der Waals surface area contributed by atoms with Crippen LogP contribution in [0.15, 0.2) is 27.6 Å². The van der Waals surface area contributed by atoms with Gasteiger partial charge in [-0.05, 0) is 25.1 Å². The standard InChI is InChI=1S/C11H9ClN2O5S/c1-6-13-10(19-14-6)5-20(17,18)9-4-7(11(15)16)2-3-8(9)12/h2-4H,5H2,1H3,(H,15,16). The van der Waals surface area contributed by atoms with E-state index in [1.54, 1.807) is 6.92 Å². The van der Waals surface area contributed by atoms with Crippen molar-refractivity contribution < 1.29 is 22.8 Å². The van der Waals surface area contributed by atoms with Crippen LogP contribution in [0.25, 0.3) is 0 Å². The summed E-state index contributed by atoms with van der Waals surface area (Å²) in [7, 11) is -3.88. The first-order chi connectivity index (χ1) is 9.29. The van der Waals surface area contributed by atoms with Gasteiger partial charge in [-0.25, -0.2) is 13.2 Å². The van der Waals surface area contributed by atoms with E-state index in [1.807, 2.05) is 0 Å². The average molecular weight is 317 g/mol. The first kappa shape index (κ1) is 14.5. The lowest BCUT2D eigenvalue weighted by atomic mass is 10.2. The zero-order valence-corrected chi connectivity index (χ0v) is 11.8. The van der Waals surface area contributed by atoms with Crippen molar-refractivity contribution in [2.45, 2.75) is 17.6 Å². The number of rotatable bonds is 4. The molecule has 0 aliphatic carbocycles. The van der Waals surface area contributed by atoms with E-state index in [-0.39, 0.29) is 21.4 Å². The zero-order valence-electron chi connectivity index (χ0n) is 10.2. The second kappa shape index (κ2) is 5.22. The van der Waals surface area contributed by atoms with Gasteiger partial charge < -0.3 is 9.63 Å². The predicted molar refractivity (Wildman–Crippen MR) is 68.3 cm³/mol. The molecule has 0 saturated heterocycles. The second-order valence-electron chi connectivity index (χ2n) is 3.94. The van der Waals surface area contributed by atoms with Gasteiger partial charge in [0.15, 0.2) is 15.7 Å². The average Bonchev–Trinajstić information content (AvgIpc) is 2.73. The third-order valence-corrected chi connectivity index (χ3v) is 4.47. The Morgan fingerprint density at radius 3 is 2.70 bits per heavy atom. The van der Waals surface area contributed by atoms with Crippen LogP contribution in [0.1, 0.15) is 22.1 Å². The normalized spacial score (nSPS) is 11.5. The lowest BCUT2D eigenvalue weighted by Crippen LogP contribution is -2.08. The predicted octanol–water partition coefficient (Wildman–Crippen LogP) is 1.70. The molecule has 0 radical (unpaired) electrons. The van der Waals surface area contributed by atoms with Gasteiger partial charge in [0.1, 0.15) is 5.75 Å². The van der Waals surface area contributed by atoms with Crippen LogP contribution in [0.4, 0.5) is 0 Å². The molecule has 0 saturated carbocycles. The maximum Gasteiger partial charge on any atom is 0.335 e. The van der Waals surface area contributed by atoms with Crippen molar-refractivity contribution in [3.8, 4) is 0 Å². The Hall–Kier alpha value is -1.93. The van der Waals surface area contributed by atoms with Gasteiger partial charge in [0.25, 0.3) is 0 Å². The van der Waals surface area contributed by atoms with E-state index < -0.39 is 21.6 Å². The fourth-order valence-electron chi connectivity index (χ4n) is 1.51. The van der Waals surface area contributed by atoms with E-state index >= 15 is 0 Å². The maximum absolute atomic E-state index is 12.2. The molecular weight excluding hydrogens is 308 g/mol.